The molecule has 0 radical (unpaired) electrons. The molecule has 8 heteroatoms. The van der Waals surface area contributed by atoms with E-state index in [2.05, 4.69) is 29.6 Å². The highest BCUT2D eigenvalue weighted by Crippen LogP contribution is 2.17. The molecule has 2 fully saturated rings. The van der Waals surface area contributed by atoms with Crippen molar-refractivity contribution in [2.75, 3.05) is 75.2 Å². The lowest BCUT2D eigenvalue weighted by Crippen LogP contribution is -2.49. The summed E-state index contributed by atoms with van der Waals surface area (Å²) in [7, 11) is 0. The fourth-order valence-electron chi connectivity index (χ4n) is 3.71. The zero-order valence-electron chi connectivity index (χ0n) is 16.0. The highest BCUT2D eigenvalue weighted by Gasteiger charge is 2.21. The van der Waals surface area contributed by atoms with Crippen LogP contribution in [0.5, 0.6) is 0 Å². The van der Waals surface area contributed by atoms with E-state index in [1.165, 1.54) is 0 Å². The third kappa shape index (κ3) is 5.26. The van der Waals surface area contributed by atoms with Crippen LogP contribution >= 0.6 is 0 Å². The SMILES string of the molecule is C[C@H](O)CN1CCN(c2cnc(N3CCN(C[C@H](C)O)CC3)cn2)CC1. The Labute approximate surface area is 156 Å². The van der Waals surface area contributed by atoms with E-state index in [9.17, 15) is 10.2 Å². The molecule has 146 valence electrons. The van der Waals surface area contributed by atoms with E-state index in [4.69, 9.17) is 0 Å². The molecule has 2 saturated heterocycles. The lowest BCUT2D eigenvalue weighted by Gasteiger charge is -2.37. The van der Waals surface area contributed by atoms with Gasteiger partial charge in [-0.3, -0.25) is 9.80 Å². The average Bonchev–Trinajstić information content (AvgIpc) is 2.62. The average molecular weight is 364 g/mol. The Kier molecular flexibility index (Phi) is 6.63. The Balaban J connectivity index is 1.49. The smallest absolute Gasteiger partial charge is 0.147 e. The van der Waals surface area contributed by atoms with E-state index in [0.29, 0.717) is 0 Å². The monoisotopic (exact) mass is 364 g/mol. The molecule has 26 heavy (non-hydrogen) atoms. The van der Waals surface area contributed by atoms with Crippen molar-refractivity contribution in [3.05, 3.63) is 12.4 Å². The van der Waals surface area contributed by atoms with Crippen LogP contribution in [0.4, 0.5) is 11.6 Å². The molecule has 0 bridgehead atoms. The van der Waals surface area contributed by atoms with Gasteiger partial charge in [0, 0.05) is 65.4 Å². The van der Waals surface area contributed by atoms with Crippen LogP contribution in [0.15, 0.2) is 12.4 Å². The molecule has 0 unspecified atom stereocenters. The van der Waals surface area contributed by atoms with Crippen molar-refractivity contribution in [2.24, 2.45) is 0 Å². The summed E-state index contributed by atoms with van der Waals surface area (Å²) < 4.78 is 0. The second-order valence-corrected chi connectivity index (χ2v) is 7.51. The molecule has 0 aliphatic carbocycles. The molecule has 1 aromatic heterocycles. The number of hydrogen-bond donors (Lipinski definition) is 2. The van der Waals surface area contributed by atoms with Gasteiger partial charge in [-0.2, -0.15) is 0 Å². The molecule has 0 spiro atoms. The Hall–Kier alpha value is -1.48. The third-order valence-electron chi connectivity index (χ3n) is 5.06. The van der Waals surface area contributed by atoms with Crippen LogP contribution in [0.3, 0.4) is 0 Å². The molecule has 3 rings (SSSR count). The fraction of sp³-hybridized carbons (Fsp3) is 0.778. The van der Waals surface area contributed by atoms with Gasteiger partial charge in [0.05, 0.1) is 24.6 Å². The number of anilines is 2. The van der Waals surface area contributed by atoms with Crippen LogP contribution in [0, 0.1) is 0 Å². The van der Waals surface area contributed by atoms with Gasteiger partial charge >= 0.3 is 0 Å². The second-order valence-electron chi connectivity index (χ2n) is 7.51. The maximum Gasteiger partial charge on any atom is 0.147 e. The van der Waals surface area contributed by atoms with E-state index in [1.807, 2.05) is 26.2 Å². The molecule has 8 nitrogen and oxygen atoms in total. The van der Waals surface area contributed by atoms with Crippen molar-refractivity contribution in [3.63, 3.8) is 0 Å². The van der Waals surface area contributed by atoms with Crippen LogP contribution in [0.25, 0.3) is 0 Å². The standard InChI is InChI=1S/C18H32N6O2/c1-15(25)13-21-3-7-23(8-4-21)17-11-20-18(12-19-17)24-9-5-22(6-10-24)14-16(2)26/h11-12,15-16,25-26H,3-10,13-14H2,1-2H3/t15-,16-/m0/s1. The first-order valence-corrected chi connectivity index (χ1v) is 9.64. The highest BCUT2D eigenvalue weighted by atomic mass is 16.3. The molecule has 3 heterocycles. The number of rotatable bonds is 6. The topological polar surface area (TPSA) is 79.2 Å². The predicted octanol–water partition coefficient (Wildman–Crippen LogP) is -0.518. The zero-order chi connectivity index (χ0) is 18.5. The Morgan fingerprint density at radius 2 is 1.08 bits per heavy atom. The van der Waals surface area contributed by atoms with E-state index in [-0.39, 0.29) is 12.2 Å². The summed E-state index contributed by atoms with van der Waals surface area (Å²) in [5.74, 6) is 1.86. The van der Waals surface area contributed by atoms with Crippen LogP contribution < -0.4 is 9.80 Å². The molecular weight excluding hydrogens is 332 g/mol. The largest absolute Gasteiger partial charge is 0.392 e. The summed E-state index contributed by atoms with van der Waals surface area (Å²) in [6.45, 7) is 12.6. The first-order chi connectivity index (χ1) is 12.5. The van der Waals surface area contributed by atoms with Gasteiger partial charge < -0.3 is 20.0 Å². The van der Waals surface area contributed by atoms with E-state index in [1.54, 1.807) is 0 Å². The van der Waals surface area contributed by atoms with Gasteiger partial charge in [-0.15, -0.1) is 0 Å². The maximum absolute atomic E-state index is 9.50. The zero-order valence-corrected chi connectivity index (χ0v) is 16.0. The van der Waals surface area contributed by atoms with Gasteiger partial charge in [-0.05, 0) is 13.8 Å². The van der Waals surface area contributed by atoms with Gasteiger partial charge in [0.1, 0.15) is 11.6 Å². The summed E-state index contributed by atoms with van der Waals surface area (Å²) >= 11 is 0. The first-order valence-electron chi connectivity index (χ1n) is 9.64. The molecule has 2 atom stereocenters. The normalized spacial score (nSPS) is 22.5. The molecule has 2 aliphatic rings. The van der Waals surface area contributed by atoms with Crippen LogP contribution in [-0.2, 0) is 0 Å². The molecular formula is C18H32N6O2. The number of nitrogens with zero attached hydrogens (tertiary/aromatic N) is 6. The van der Waals surface area contributed by atoms with E-state index >= 15 is 0 Å². The van der Waals surface area contributed by atoms with Crippen molar-refractivity contribution >= 4 is 11.6 Å². The van der Waals surface area contributed by atoms with Crippen molar-refractivity contribution < 1.29 is 10.2 Å². The highest BCUT2D eigenvalue weighted by molar-refractivity contribution is 5.44. The van der Waals surface area contributed by atoms with Gasteiger partial charge in [-0.1, -0.05) is 0 Å². The predicted molar refractivity (Wildman–Crippen MR) is 103 cm³/mol. The Morgan fingerprint density at radius 3 is 1.35 bits per heavy atom. The Bertz CT molecular complexity index is 488. The molecule has 0 saturated carbocycles. The summed E-state index contributed by atoms with van der Waals surface area (Å²) in [5, 5.41) is 19.0. The lowest BCUT2D eigenvalue weighted by atomic mass is 10.2. The molecule has 2 N–H and O–H groups in total. The minimum Gasteiger partial charge on any atom is -0.392 e. The summed E-state index contributed by atoms with van der Waals surface area (Å²) in [6, 6.07) is 0. The first kappa shape index (κ1) is 19.3. The van der Waals surface area contributed by atoms with E-state index < -0.39 is 0 Å². The van der Waals surface area contributed by atoms with Crippen LogP contribution in [0.1, 0.15) is 13.8 Å². The number of hydrogen-bond acceptors (Lipinski definition) is 8. The second kappa shape index (κ2) is 8.94. The summed E-state index contributed by atoms with van der Waals surface area (Å²) in [5.41, 5.74) is 0. The van der Waals surface area contributed by atoms with Crippen molar-refractivity contribution in [1.82, 2.24) is 19.8 Å². The number of β-amino-alcohol motifs (C(OH)–C–C–N with tert-alkyl or cyclic N) is 2. The van der Waals surface area contributed by atoms with Gasteiger partial charge in [0.25, 0.3) is 0 Å². The minimum absolute atomic E-state index is 0.276. The molecule has 0 amide bonds. The number of piperazine rings is 2. The van der Waals surface area contributed by atoms with Crippen LogP contribution in [-0.4, -0.2) is 108 Å². The fourth-order valence-corrected chi connectivity index (χ4v) is 3.71. The summed E-state index contributed by atoms with van der Waals surface area (Å²) in [6.07, 6.45) is 3.20. The van der Waals surface area contributed by atoms with Crippen molar-refractivity contribution in [3.8, 4) is 0 Å². The number of aliphatic hydroxyl groups excluding tert-OH is 2. The molecule has 0 aromatic carbocycles. The maximum atomic E-state index is 9.50. The van der Waals surface area contributed by atoms with E-state index in [0.717, 1.165) is 77.1 Å². The molecule has 2 aliphatic heterocycles. The lowest BCUT2D eigenvalue weighted by molar-refractivity contribution is 0.122. The quantitative estimate of drug-likeness (QED) is 0.698. The summed E-state index contributed by atoms with van der Waals surface area (Å²) in [4.78, 5) is 18.4. The number of aromatic nitrogens is 2. The minimum atomic E-state index is -0.276. The molecule has 1 aromatic rings. The third-order valence-corrected chi connectivity index (χ3v) is 5.06. The van der Waals surface area contributed by atoms with Crippen LogP contribution in [0.2, 0.25) is 0 Å². The number of aliphatic hydroxyl groups is 2. The van der Waals surface area contributed by atoms with Gasteiger partial charge in [0.15, 0.2) is 0 Å². The van der Waals surface area contributed by atoms with Crippen molar-refractivity contribution in [2.45, 2.75) is 26.1 Å². The van der Waals surface area contributed by atoms with Gasteiger partial charge in [-0.25, -0.2) is 9.97 Å². The Morgan fingerprint density at radius 1 is 0.731 bits per heavy atom. The van der Waals surface area contributed by atoms with Crippen molar-refractivity contribution in [1.29, 1.82) is 0 Å². The van der Waals surface area contributed by atoms with Gasteiger partial charge in [0.2, 0.25) is 0 Å².